The standard InChI is InChI=1S/C15H28N2O2/c1-14(7-5-6-10-17-14)19-13(18)11-15(12-16)8-3-2-4-9-15/h17H,2-12,16H2,1H3. The van der Waals surface area contributed by atoms with Crippen LogP contribution in [0, 0.1) is 5.41 Å². The molecular formula is C15H28N2O2. The molecule has 1 aliphatic heterocycles. The summed E-state index contributed by atoms with van der Waals surface area (Å²) in [7, 11) is 0. The van der Waals surface area contributed by atoms with Crippen molar-refractivity contribution in [3.05, 3.63) is 0 Å². The minimum atomic E-state index is -0.459. The maximum Gasteiger partial charge on any atom is 0.308 e. The average molecular weight is 268 g/mol. The van der Waals surface area contributed by atoms with Crippen LogP contribution < -0.4 is 11.1 Å². The molecule has 2 aliphatic rings. The number of ether oxygens (including phenoxy) is 1. The highest BCUT2D eigenvalue weighted by molar-refractivity contribution is 5.71. The predicted molar refractivity (Wildman–Crippen MR) is 75.5 cm³/mol. The summed E-state index contributed by atoms with van der Waals surface area (Å²) in [6.45, 7) is 3.53. The number of hydrogen-bond acceptors (Lipinski definition) is 4. The van der Waals surface area contributed by atoms with Gasteiger partial charge < -0.3 is 10.5 Å². The van der Waals surface area contributed by atoms with Crippen LogP contribution in [0.3, 0.4) is 0 Å². The molecule has 1 unspecified atom stereocenters. The van der Waals surface area contributed by atoms with Gasteiger partial charge in [-0.25, -0.2) is 0 Å². The third-order valence-electron chi connectivity index (χ3n) is 4.79. The third kappa shape index (κ3) is 3.93. The highest BCUT2D eigenvalue weighted by atomic mass is 16.6. The molecule has 0 aromatic heterocycles. The van der Waals surface area contributed by atoms with Crippen LogP contribution in [0.1, 0.15) is 64.7 Å². The van der Waals surface area contributed by atoms with Crippen LogP contribution in [0.25, 0.3) is 0 Å². The van der Waals surface area contributed by atoms with Gasteiger partial charge >= 0.3 is 5.97 Å². The van der Waals surface area contributed by atoms with Crippen molar-refractivity contribution in [1.82, 2.24) is 5.32 Å². The lowest BCUT2D eigenvalue weighted by Gasteiger charge is -2.38. The van der Waals surface area contributed by atoms with Crippen LogP contribution in [0.5, 0.6) is 0 Å². The summed E-state index contributed by atoms with van der Waals surface area (Å²) in [6.07, 6.45) is 9.50. The van der Waals surface area contributed by atoms with Crippen molar-refractivity contribution in [2.24, 2.45) is 11.1 Å². The Balaban J connectivity index is 1.88. The van der Waals surface area contributed by atoms with Crippen LogP contribution in [0.4, 0.5) is 0 Å². The van der Waals surface area contributed by atoms with E-state index in [2.05, 4.69) is 5.32 Å². The Morgan fingerprint density at radius 1 is 1.16 bits per heavy atom. The van der Waals surface area contributed by atoms with Gasteiger partial charge in [0, 0.05) is 6.42 Å². The molecule has 0 aromatic rings. The van der Waals surface area contributed by atoms with Crippen LogP contribution >= 0.6 is 0 Å². The molecule has 0 aromatic carbocycles. The topological polar surface area (TPSA) is 64.3 Å². The fraction of sp³-hybridized carbons (Fsp3) is 0.933. The number of piperidine rings is 1. The molecule has 2 fully saturated rings. The van der Waals surface area contributed by atoms with Crippen molar-refractivity contribution in [1.29, 1.82) is 0 Å². The normalized spacial score (nSPS) is 30.8. The summed E-state index contributed by atoms with van der Waals surface area (Å²) in [6, 6.07) is 0. The van der Waals surface area contributed by atoms with Crippen LogP contribution in [-0.4, -0.2) is 24.8 Å². The molecule has 0 spiro atoms. The number of nitrogens with one attached hydrogen (secondary N) is 1. The van der Waals surface area contributed by atoms with E-state index in [-0.39, 0.29) is 11.4 Å². The largest absolute Gasteiger partial charge is 0.444 e. The number of nitrogens with two attached hydrogens (primary N) is 1. The van der Waals surface area contributed by atoms with Crippen molar-refractivity contribution in [2.75, 3.05) is 13.1 Å². The van der Waals surface area contributed by atoms with Gasteiger partial charge in [0.25, 0.3) is 0 Å². The Hall–Kier alpha value is -0.610. The number of hydrogen-bond donors (Lipinski definition) is 2. The molecule has 0 amide bonds. The second-order valence-electron chi connectivity index (χ2n) is 6.53. The Morgan fingerprint density at radius 2 is 1.84 bits per heavy atom. The molecule has 1 saturated heterocycles. The first-order chi connectivity index (χ1) is 9.08. The van der Waals surface area contributed by atoms with Gasteiger partial charge in [0.05, 0.1) is 6.42 Å². The monoisotopic (exact) mass is 268 g/mol. The summed E-state index contributed by atoms with van der Waals surface area (Å²) in [5, 5.41) is 3.32. The first kappa shape index (κ1) is 14.8. The lowest BCUT2D eigenvalue weighted by molar-refractivity contribution is -0.167. The maximum absolute atomic E-state index is 12.2. The van der Waals surface area contributed by atoms with Crippen molar-refractivity contribution < 1.29 is 9.53 Å². The van der Waals surface area contributed by atoms with E-state index in [1.807, 2.05) is 6.92 Å². The van der Waals surface area contributed by atoms with Gasteiger partial charge in [-0.1, -0.05) is 19.3 Å². The quantitative estimate of drug-likeness (QED) is 0.768. The van der Waals surface area contributed by atoms with E-state index in [9.17, 15) is 4.79 Å². The lowest BCUT2D eigenvalue weighted by Crippen LogP contribution is -2.50. The van der Waals surface area contributed by atoms with E-state index in [0.29, 0.717) is 13.0 Å². The highest BCUT2D eigenvalue weighted by Crippen LogP contribution is 2.39. The zero-order valence-corrected chi connectivity index (χ0v) is 12.2. The van der Waals surface area contributed by atoms with Crippen LogP contribution in [0.2, 0.25) is 0 Å². The van der Waals surface area contributed by atoms with Crippen molar-refractivity contribution in [2.45, 2.75) is 70.4 Å². The minimum absolute atomic E-state index is 0.000357. The van der Waals surface area contributed by atoms with E-state index in [1.54, 1.807) is 0 Å². The summed E-state index contributed by atoms with van der Waals surface area (Å²) >= 11 is 0. The second kappa shape index (κ2) is 6.23. The molecule has 1 atom stereocenters. The van der Waals surface area contributed by atoms with Crippen LogP contribution in [0.15, 0.2) is 0 Å². The number of carbonyl (C=O) groups excluding carboxylic acids is 1. The summed E-state index contributed by atoms with van der Waals surface area (Å²) in [5.74, 6) is -0.0794. The predicted octanol–water partition coefficient (Wildman–Crippen LogP) is 2.32. The molecule has 1 saturated carbocycles. The van der Waals surface area contributed by atoms with Crippen molar-refractivity contribution in [3.63, 3.8) is 0 Å². The van der Waals surface area contributed by atoms with Crippen molar-refractivity contribution in [3.8, 4) is 0 Å². The van der Waals surface area contributed by atoms with E-state index in [1.165, 1.54) is 25.7 Å². The highest BCUT2D eigenvalue weighted by Gasteiger charge is 2.36. The third-order valence-corrected chi connectivity index (χ3v) is 4.79. The molecule has 4 nitrogen and oxygen atoms in total. The zero-order chi connectivity index (χ0) is 13.8. The number of rotatable bonds is 4. The molecule has 2 rings (SSSR count). The minimum Gasteiger partial charge on any atom is -0.444 e. The molecule has 4 heteroatoms. The van der Waals surface area contributed by atoms with Gasteiger partial charge in [0.1, 0.15) is 0 Å². The van der Waals surface area contributed by atoms with Gasteiger partial charge in [0.2, 0.25) is 0 Å². The first-order valence-corrected chi connectivity index (χ1v) is 7.75. The maximum atomic E-state index is 12.2. The summed E-state index contributed by atoms with van der Waals surface area (Å²) < 4.78 is 5.70. The van der Waals surface area contributed by atoms with Gasteiger partial charge in [-0.15, -0.1) is 0 Å². The average Bonchev–Trinajstić information content (AvgIpc) is 2.39. The van der Waals surface area contributed by atoms with E-state index in [0.717, 1.165) is 32.2 Å². The molecule has 110 valence electrons. The molecule has 1 aliphatic carbocycles. The molecular weight excluding hydrogens is 240 g/mol. The molecule has 3 N–H and O–H groups in total. The molecule has 0 bridgehead atoms. The zero-order valence-electron chi connectivity index (χ0n) is 12.2. The molecule has 1 heterocycles. The summed E-state index contributed by atoms with van der Waals surface area (Å²) in [4.78, 5) is 12.2. The molecule has 19 heavy (non-hydrogen) atoms. The fourth-order valence-corrected chi connectivity index (χ4v) is 3.46. The van der Waals surface area contributed by atoms with Crippen LogP contribution in [-0.2, 0) is 9.53 Å². The Morgan fingerprint density at radius 3 is 2.42 bits per heavy atom. The van der Waals surface area contributed by atoms with Gasteiger partial charge in [0.15, 0.2) is 5.72 Å². The van der Waals surface area contributed by atoms with E-state index in [4.69, 9.17) is 10.5 Å². The Kier molecular flexibility index (Phi) is 4.85. The van der Waals surface area contributed by atoms with Gasteiger partial charge in [-0.05, 0) is 51.1 Å². The Labute approximate surface area is 116 Å². The second-order valence-corrected chi connectivity index (χ2v) is 6.53. The summed E-state index contributed by atoms with van der Waals surface area (Å²) in [5.41, 5.74) is 5.47. The van der Waals surface area contributed by atoms with Crippen molar-refractivity contribution >= 4 is 5.97 Å². The van der Waals surface area contributed by atoms with Gasteiger partial charge in [-0.2, -0.15) is 0 Å². The van der Waals surface area contributed by atoms with Gasteiger partial charge in [-0.3, -0.25) is 10.1 Å². The smallest absolute Gasteiger partial charge is 0.308 e. The number of esters is 1. The number of carbonyl (C=O) groups is 1. The first-order valence-electron chi connectivity index (χ1n) is 7.75. The van der Waals surface area contributed by atoms with E-state index < -0.39 is 5.72 Å². The Bertz CT molecular complexity index is 305. The fourth-order valence-electron chi connectivity index (χ4n) is 3.46. The van der Waals surface area contributed by atoms with E-state index >= 15 is 0 Å². The lowest BCUT2D eigenvalue weighted by atomic mass is 9.72. The molecule has 0 radical (unpaired) electrons. The SMILES string of the molecule is CC1(OC(=O)CC2(CN)CCCCC2)CCCCN1.